The Morgan fingerprint density at radius 3 is 2.44 bits per heavy atom. The molecule has 0 aromatic rings. The van der Waals surface area contributed by atoms with Gasteiger partial charge in [0.25, 0.3) is 0 Å². The number of allylic oxidation sites excluding steroid dienone is 3. The number of amides is 4. The second-order valence-electron chi connectivity index (χ2n) is 4.49. The van der Waals surface area contributed by atoms with Gasteiger partial charge in [0, 0.05) is 0 Å². The molecule has 2 aliphatic rings. The molecule has 0 spiro atoms. The van der Waals surface area contributed by atoms with E-state index in [1.807, 2.05) is 18.2 Å². The van der Waals surface area contributed by atoms with E-state index in [-0.39, 0.29) is 0 Å². The van der Waals surface area contributed by atoms with Crippen molar-refractivity contribution < 1.29 is 14.4 Å². The van der Waals surface area contributed by atoms with E-state index in [4.69, 9.17) is 0 Å². The van der Waals surface area contributed by atoms with E-state index in [9.17, 15) is 14.4 Å². The molecule has 1 heterocycles. The third-order valence-electron chi connectivity index (χ3n) is 3.49. The molecule has 1 fully saturated rings. The van der Waals surface area contributed by atoms with Crippen molar-refractivity contribution in [3.63, 3.8) is 0 Å². The predicted molar refractivity (Wildman–Crippen MR) is 65.5 cm³/mol. The monoisotopic (exact) mass is 248 g/mol. The van der Waals surface area contributed by atoms with Crippen molar-refractivity contribution >= 4 is 17.8 Å². The van der Waals surface area contributed by atoms with Crippen molar-refractivity contribution in [2.24, 2.45) is 5.41 Å². The van der Waals surface area contributed by atoms with Crippen molar-refractivity contribution in [2.45, 2.75) is 32.6 Å². The van der Waals surface area contributed by atoms with Crippen LogP contribution in [0.15, 0.2) is 23.8 Å². The van der Waals surface area contributed by atoms with Gasteiger partial charge < -0.3 is 0 Å². The molecule has 5 heteroatoms. The van der Waals surface area contributed by atoms with Gasteiger partial charge in [-0.25, -0.2) is 4.79 Å². The Balaban J connectivity index is 2.46. The number of nitrogens with one attached hydrogen (secondary N) is 2. The number of imide groups is 2. The molecule has 18 heavy (non-hydrogen) atoms. The first-order valence-electron chi connectivity index (χ1n) is 6.15. The lowest BCUT2D eigenvalue weighted by Crippen LogP contribution is -2.62. The fourth-order valence-corrected chi connectivity index (χ4v) is 2.43. The van der Waals surface area contributed by atoms with E-state index in [2.05, 4.69) is 10.6 Å². The van der Waals surface area contributed by atoms with Crippen molar-refractivity contribution in [1.82, 2.24) is 10.6 Å². The highest BCUT2D eigenvalue weighted by molar-refractivity contribution is 6.21. The maximum absolute atomic E-state index is 12.1. The number of barbiturate groups is 1. The highest BCUT2D eigenvalue weighted by atomic mass is 16.2. The maximum Gasteiger partial charge on any atom is 0.328 e. The van der Waals surface area contributed by atoms with Crippen molar-refractivity contribution in [3.05, 3.63) is 23.8 Å². The number of carbonyl (C=O) groups excluding carboxylic acids is 3. The summed E-state index contributed by atoms with van der Waals surface area (Å²) in [5.74, 6) is -1.06. The van der Waals surface area contributed by atoms with Crippen LogP contribution in [-0.2, 0) is 9.59 Å². The summed E-state index contributed by atoms with van der Waals surface area (Å²) in [7, 11) is 0. The fraction of sp³-hybridized carbons (Fsp3) is 0.462. The molecule has 0 unspecified atom stereocenters. The number of hydrogen-bond acceptors (Lipinski definition) is 3. The van der Waals surface area contributed by atoms with Gasteiger partial charge in [0.05, 0.1) is 0 Å². The Labute approximate surface area is 105 Å². The molecule has 0 radical (unpaired) electrons. The Morgan fingerprint density at radius 2 is 1.83 bits per heavy atom. The first kappa shape index (κ1) is 12.5. The minimum Gasteiger partial charge on any atom is -0.277 e. The maximum atomic E-state index is 12.1. The third kappa shape index (κ3) is 1.85. The van der Waals surface area contributed by atoms with Crippen LogP contribution >= 0.6 is 0 Å². The molecular formula is C13H16N2O3. The Hall–Kier alpha value is -1.91. The highest BCUT2D eigenvalue weighted by Crippen LogP contribution is 2.36. The van der Waals surface area contributed by atoms with Crippen LogP contribution in [0.2, 0.25) is 0 Å². The van der Waals surface area contributed by atoms with E-state index in [0.29, 0.717) is 12.0 Å². The van der Waals surface area contributed by atoms with Crippen LogP contribution in [0.25, 0.3) is 0 Å². The number of hydrogen-bond donors (Lipinski definition) is 2. The third-order valence-corrected chi connectivity index (χ3v) is 3.49. The summed E-state index contributed by atoms with van der Waals surface area (Å²) in [5, 5.41) is 4.37. The van der Waals surface area contributed by atoms with Gasteiger partial charge in [0.2, 0.25) is 11.8 Å². The van der Waals surface area contributed by atoms with E-state index < -0.39 is 23.3 Å². The van der Waals surface area contributed by atoms with Crippen LogP contribution in [0.5, 0.6) is 0 Å². The summed E-state index contributed by atoms with van der Waals surface area (Å²) >= 11 is 0. The van der Waals surface area contributed by atoms with Crippen molar-refractivity contribution in [2.75, 3.05) is 0 Å². The molecule has 1 aliphatic carbocycles. The summed E-state index contributed by atoms with van der Waals surface area (Å²) in [4.78, 5) is 35.4. The van der Waals surface area contributed by atoms with Crippen molar-refractivity contribution in [3.8, 4) is 0 Å². The van der Waals surface area contributed by atoms with E-state index in [1.54, 1.807) is 6.92 Å². The van der Waals surface area contributed by atoms with Gasteiger partial charge >= 0.3 is 6.03 Å². The molecule has 96 valence electrons. The summed E-state index contributed by atoms with van der Waals surface area (Å²) in [6.45, 7) is 1.77. The van der Waals surface area contributed by atoms with Gasteiger partial charge in [0.1, 0.15) is 0 Å². The molecule has 2 rings (SSSR count). The Kier molecular flexibility index (Phi) is 3.32. The molecule has 5 nitrogen and oxygen atoms in total. The van der Waals surface area contributed by atoms with Crippen LogP contribution < -0.4 is 10.6 Å². The zero-order valence-corrected chi connectivity index (χ0v) is 10.3. The van der Waals surface area contributed by atoms with Gasteiger partial charge in [-0.05, 0) is 31.3 Å². The average molecular weight is 248 g/mol. The highest BCUT2D eigenvalue weighted by Gasteiger charge is 2.50. The molecule has 0 saturated carbocycles. The summed E-state index contributed by atoms with van der Waals surface area (Å²) < 4.78 is 0. The first-order valence-corrected chi connectivity index (χ1v) is 6.15. The zero-order valence-electron chi connectivity index (χ0n) is 10.3. The lowest BCUT2D eigenvalue weighted by molar-refractivity contribution is -0.141. The molecule has 1 saturated heterocycles. The van der Waals surface area contributed by atoms with Gasteiger partial charge in [-0.15, -0.1) is 0 Å². The average Bonchev–Trinajstić information content (AvgIpc) is 2.58. The normalized spacial score (nSPS) is 22.9. The summed E-state index contributed by atoms with van der Waals surface area (Å²) in [5.41, 5.74) is -0.584. The lowest BCUT2D eigenvalue weighted by atomic mass is 9.74. The van der Waals surface area contributed by atoms with Crippen LogP contribution in [0.3, 0.4) is 0 Å². The molecule has 1 aliphatic heterocycles. The molecular weight excluding hydrogens is 232 g/mol. The van der Waals surface area contributed by atoms with Crippen molar-refractivity contribution in [1.29, 1.82) is 0 Å². The molecule has 0 bridgehead atoms. The minimum absolute atomic E-state index is 0.328. The van der Waals surface area contributed by atoms with Crippen LogP contribution in [0, 0.1) is 5.41 Å². The minimum atomic E-state index is -1.27. The Morgan fingerprint density at radius 1 is 1.17 bits per heavy atom. The summed E-state index contributed by atoms with van der Waals surface area (Å²) in [6.07, 6.45) is 8.80. The number of urea groups is 1. The fourth-order valence-electron chi connectivity index (χ4n) is 2.43. The number of carbonyl (C=O) groups is 3. The lowest BCUT2D eigenvalue weighted by Gasteiger charge is -2.34. The van der Waals surface area contributed by atoms with Crippen LogP contribution in [0.1, 0.15) is 32.6 Å². The molecule has 2 N–H and O–H groups in total. The summed E-state index contributed by atoms with van der Waals surface area (Å²) in [6, 6.07) is -0.743. The SMILES string of the molecule is CCC1(C2=CCCCC=C2)C(=O)NC(=O)NC1=O. The quantitative estimate of drug-likeness (QED) is 0.725. The molecule has 0 aromatic heterocycles. The topological polar surface area (TPSA) is 75.3 Å². The van der Waals surface area contributed by atoms with Gasteiger partial charge in [-0.3, -0.25) is 20.2 Å². The van der Waals surface area contributed by atoms with E-state index >= 15 is 0 Å². The second kappa shape index (κ2) is 4.76. The standard InChI is InChI=1S/C13H16N2O3/c1-2-13(9-7-5-3-4-6-8-9)10(16)14-12(18)15-11(13)17/h5,7-8H,2-4,6H2,1H3,(H2,14,15,16,17,18). The largest absolute Gasteiger partial charge is 0.328 e. The first-order chi connectivity index (χ1) is 8.61. The van der Waals surface area contributed by atoms with Gasteiger partial charge in [-0.2, -0.15) is 0 Å². The van der Waals surface area contributed by atoms with Gasteiger partial charge in [0.15, 0.2) is 5.41 Å². The molecule has 0 atom stereocenters. The molecule has 4 amide bonds. The van der Waals surface area contributed by atoms with E-state index in [1.165, 1.54) is 0 Å². The van der Waals surface area contributed by atoms with E-state index in [0.717, 1.165) is 19.3 Å². The van der Waals surface area contributed by atoms with Crippen LogP contribution in [0.4, 0.5) is 4.79 Å². The predicted octanol–water partition coefficient (Wildman–Crippen LogP) is 1.42. The zero-order chi connectivity index (χ0) is 13.2. The van der Waals surface area contributed by atoms with Crippen LogP contribution in [-0.4, -0.2) is 17.8 Å². The number of rotatable bonds is 2. The Bertz CT molecular complexity index is 443. The molecule has 0 aromatic carbocycles. The van der Waals surface area contributed by atoms with Gasteiger partial charge in [-0.1, -0.05) is 25.2 Å². The second-order valence-corrected chi connectivity index (χ2v) is 4.49. The smallest absolute Gasteiger partial charge is 0.277 e.